The SMILES string of the molecule is COc1cccc2[nH]c(C(=O)N3CC4(CCCCC4)C[C@H]3C(=O)N[C@@H](C[C@@H]3CCNC3=O)C(N)=O)cc12. The number of likely N-dealkylation sites (tertiary alicyclic amines) is 1. The number of nitrogens with two attached hydrogens (primary N) is 1. The van der Waals surface area contributed by atoms with Crippen LogP contribution >= 0.6 is 0 Å². The van der Waals surface area contributed by atoms with Crippen molar-refractivity contribution in [2.75, 3.05) is 20.2 Å². The molecule has 5 rings (SSSR count). The van der Waals surface area contributed by atoms with Crippen molar-refractivity contribution in [3.63, 3.8) is 0 Å². The molecule has 198 valence electrons. The summed E-state index contributed by atoms with van der Waals surface area (Å²) in [6.45, 7) is 1.04. The summed E-state index contributed by atoms with van der Waals surface area (Å²) in [5.74, 6) is -1.18. The molecular formula is C27H35N5O5. The molecule has 1 aliphatic carbocycles. The van der Waals surface area contributed by atoms with Crippen LogP contribution < -0.4 is 21.1 Å². The Morgan fingerprint density at radius 2 is 2.03 bits per heavy atom. The molecule has 3 aliphatic rings. The predicted octanol–water partition coefficient (Wildman–Crippen LogP) is 1.84. The van der Waals surface area contributed by atoms with Crippen molar-refractivity contribution in [2.24, 2.45) is 17.1 Å². The summed E-state index contributed by atoms with van der Waals surface area (Å²) in [5.41, 5.74) is 6.66. The number of aromatic amines is 1. The van der Waals surface area contributed by atoms with E-state index in [0.29, 0.717) is 37.4 Å². The van der Waals surface area contributed by atoms with Gasteiger partial charge in [0.15, 0.2) is 0 Å². The zero-order valence-electron chi connectivity index (χ0n) is 21.2. The highest BCUT2D eigenvalue weighted by atomic mass is 16.5. The number of fused-ring (bicyclic) bond motifs is 1. The average molecular weight is 510 g/mol. The Labute approximate surface area is 215 Å². The minimum Gasteiger partial charge on any atom is -0.496 e. The Morgan fingerprint density at radius 3 is 2.70 bits per heavy atom. The van der Waals surface area contributed by atoms with Gasteiger partial charge in [0.05, 0.1) is 7.11 Å². The molecule has 5 N–H and O–H groups in total. The number of carbonyl (C=O) groups is 4. The first kappa shape index (κ1) is 25.1. The van der Waals surface area contributed by atoms with Crippen molar-refractivity contribution in [2.45, 2.75) is 63.5 Å². The molecule has 3 fully saturated rings. The van der Waals surface area contributed by atoms with Crippen LogP contribution in [0.1, 0.15) is 61.9 Å². The fourth-order valence-electron chi connectivity index (χ4n) is 6.41. The van der Waals surface area contributed by atoms with Crippen LogP contribution in [0.2, 0.25) is 0 Å². The van der Waals surface area contributed by atoms with Gasteiger partial charge in [-0.1, -0.05) is 25.3 Å². The molecule has 3 heterocycles. The number of benzene rings is 1. The highest BCUT2D eigenvalue weighted by molar-refractivity contribution is 6.02. The molecule has 10 heteroatoms. The van der Waals surface area contributed by atoms with Crippen molar-refractivity contribution in [1.29, 1.82) is 0 Å². The van der Waals surface area contributed by atoms with E-state index in [9.17, 15) is 19.2 Å². The van der Waals surface area contributed by atoms with E-state index in [1.165, 1.54) is 0 Å². The van der Waals surface area contributed by atoms with Gasteiger partial charge in [-0.15, -0.1) is 0 Å². The second-order valence-electron chi connectivity index (χ2n) is 10.8. The van der Waals surface area contributed by atoms with Crippen LogP contribution in [0, 0.1) is 11.3 Å². The molecule has 4 amide bonds. The number of carbonyl (C=O) groups excluding carboxylic acids is 4. The Morgan fingerprint density at radius 1 is 1.24 bits per heavy atom. The topological polar surface area (TPSA) is 147 Å². The lowest BCUT2D eigenvalue weighted by Gasteiger charge is -2.32. The van der Waals surface area contributed by atoms with Gasteiger partial charge in [-0.2, -0.15) is 0 Å². The minimum atomic E-state index is -0.974. The minimum absolute atomic E-state index is 0.118. The summed E-state index contributed by atoms with van der Waals surface area (Å²) in [6, 6.07) is 5.63. The van der Waals surface area contributed by atoms with Crippen LogP contribution in [-0.4, -0.2) is 65.8 Å². The van der Waals surface area contributed by atoms with Crippen molar-refractivity contribution >= 4 is 34.5 Å². The predicted molar refractivity (Wildman–Crippen MR) is 137 cm³/mol. The van der Waals surface area contributed by atoms with Crippen LogP contribution in [0.15, 0.2) is 24.3 Å². The highest BCUT2D eigenvalue weighted by Gasteiger charge is 2.49. The lowest BCUT2D eigenvalue weighted by molar-refractivity contribution is -0.131. The summed E-state index contributed by atoms with van der Waals surface area (Å²) >= 11 is 0. The number of hydrogen-bond acceptors (Lipinski definition) is 5. The van der Waals surface area contributed by atoms with Crippen LogP contribution in [0.5, 0.6) is 5.75 Å². The Bertz CT molecular complexity index is 1220. The van der Waals surface area contributed by atoms with E-state index in [4.69, 9.17) is 10.5 Å². The Hall–Kier alpha value is -3.56. The molecule has 2 saturated heterocycles. The van der Waals surface area contributed by atoms with Crippen LogP contribution in [-0.2, 0) is 14.4 Å². The summed E-state index contributed by atoms with van der Waals surface area (Å²) in [6.07, 6.45) is 6.51. The van der Waals surface area contributed by atoms with Gasteiger partial charge in [-0.3, -0.25) is 19.2 Å². The third-order valence-electron chi connectivity index (χ3n) is 8.40. The van der Waals surface area contributed by atoms with E-state index in [1.807, 2.05) is 18.2 Å². The summed E-state index contributed by atoms with van der Waals surface area (Å²) in [5, 5.41) is 6.34. The maximum Gasteiger partial charge on any atom is 0.271 e. The highest BCUT2D eigenvalue weighted by Crippen LogP contribution is 2.47. The molecule has 1 spiro atoms. The summed E-state index contributed by atoms with van der Waals surface area (Å²) in [4.78, 5) is 56.6. The molecule has 37 heavy (non-hydrogen) atoms. The lowest BCUT2D eigenvalue weighted by atomic mass is 9.72. The van der Waals surface area contributed by atoms with Gasteiger partial charge >= 0.3 is 0 Å². The van der Waals surface area contributed by atoms with Crippen LogP contribution in [0.25, 0.3) is 10.9 Å². The molecule has 2 aromatic rings. The zero-order valence-corrected chi connectivity index (χ0v) is 21.2. The maximum atomic E-state index is 13.8. The molecule has 1 saturated carbocycles. The molecule has 3 atom stereocenters. The van der Waals surface area contributed by atoms with E-state index in [1.54, 1.807) is 18.1 Å². The standard InChI is InChI=1S/C27H35N5O5/c1-37-22-7-5-6-18-17(22)13-20(30-18)26(36)32-15-27(9-3-2-4-10-27)14-21(32)25(35)31-19(23(28)33)12-16-8-11-29-24(16)34/h5-7,13,16,19,21,30H,2-4,8-12,14-15H2,1H3,(H2,28,33)(H,29,34)(H,31,35)/t16-,19-,21-/m0/s1. The fourth-order valence-corrected chi connectivity index (χ4v) is 6.41. The van der Waals surface area contributed by atoms with E-state index in [2.05, 4.69) is 15.6 Å². The van der Waals surface area contributed by atoms with Gasteiger partial charge in [0, 0.05) is 29.9 Å². The van der Waals surface area contributed by atoms with E-state index in [0.717, 1.165) is 43.0 Å². The third kappa shape index (κ3) is 4.89. The summed E-state index contributed by atoms with van der Waals surface area (Å²) in [7, 11) is 1.58. The molecule has 0 unspecified atom stereocenters. The smallest absolute Gasteiger partial charge is 0.271 e. The van der Waals surface area contributed by atoms with E-state index < -0.39 is 23.9 Å². The Balaban J connectivity index is 1.40. The van der Waals surface area contributed by atoms with Crippen LogP contribution in [0.3, 0.4) is 0 Å². The quantitative estimate of drug-likeness (QED) is 0.450. The average Bonchev–Trinajstić information content (AvgIpc) is 3.60. The van der Waals surface area contributed by atoms with E-state index in [-0.39, 0.29) is 29.6 Å². The molecular weight excluding hydrogens is 474 g/mol. The first-order chi connectivity index (χ1) is 17.8. The number of aromatic nitrogens is 1. The number of H-pyrrole nitrogens is 1. The van der Waals surface area contributed by atoms with Gasteiger partial charge in [0.1, 0.15) is 23.5 Å². The zero-order chi connectivity index (χ0) is 26.2. The van der Waals surface area contributed by atoms with E-state index >= 15 is 0 Å². The number of nitrogens with one attached hydrogen (secondary N) is 3. The first-order valence-corrected chi connectivity index (χ1v) is 13.1. The van der Waals surface area contributed by atoms with Crippen LogP contribution in [0.4, 0.5) is 0 Å². The second kappa shape index (κ2) is 10.1. The third-order valence-corrected chi connectivity index (χ3v) is 8.40. The number of methoxy groups -OCH3 is 1. The number of hydrogen-bond donors (Lipinski definition) is 4. The first-order valence-electron chi connectivity index (χ1n) is 13.1. The Kier molecular flexibility index (Phi) is 6.83. The fraction of sp³-hybridized carbons (Fsp3) is 0.556. The molecule has 10 nitrogen and oxygen atoms in total. The molecule has 1 aromatic heterocycles. The second-order valence-corrected chi connectivity index (χ2v) is 10.8. The normalized spacial score (nSPS) is 23.7. The van der Waals surface area contributed by atoms with Gasteiger partial charge in [-0.05, 0) is 55.7 Å². The number of ether oxygens (including phenoxy) is 1. The number of primary amides is 1. The van der Waals surface area contributed by atoms with Crippen molar-refractivity contribution in [3.8, 4) is 5.75 Å². The molecule has 1 aromatic carbocycles. The van der Waals surface area contributed by atoms with Gasteiger partial charge in [0.2, 0.25) is 17.7 Å². The van der Waals surface area contributed by atoms with Gasteiger partial charge < -0.3 is 31.0 Å². The number of rotatable bonds is 7. The number of nitrogens with zero attached hydrogens (tertiary/aromatic N) is 1. The van der Waals surface area contributed by atoms with Crippen molar-refractivity contribution < 1.29 is 23.9 Å². The van der Waals surface area contributed by atoms with Gasteiger partial charge in [0.25, 0.3) is 5.91 Å². The van der Waals surface area contributed by atoms with Gasteiger partial charge in [-0.25, -0.2) is 0 Å². The van der Waals surface area contributed by atoms with Crippen molar-refractivity contribution in [1.82, 2.24) is 20.5 Å². The summed E-state index contributed by atoms with van der Waals surface area (Å²) < 4.78 is 5.44. The molecule has 0 bridgehead atoms. The molecule has 0 radical (unpaired) electrons. The lowest BCUT2D eigenvalue weighted by Crippen LogP contribution is -2.53. The maximum absolute atomic E-state index is 13.8. The molecule has 2 aliphatic heterocycles. The largest absolute Gasteiger partial charge is 0.496 e. The number of amides is 4. The monoisotopic (exact) mass is 509 g/mol. The van der Waals surface area contributed by atoms with Crippen molar-refractivity contribution in [3.05, 3.63) is 30.0 Å².